The highest BCUT2D eigenvalue weighted by atomic mass is 32.1. The number of amides is 1. The lowest BCUT2D eigenvalue weighted by Crippen LogP contribution is -2.31. The van der Waals surface area contributed by atoms with Crippen LogP contribution in [-0.2, 0) is 4.79 Å². The Morgan fingerprint density at radius 3 is 2.73 bits per heavy atom. The number of aliphatic hydroxyl groups excluding tert-OH is 1. The standard InChI is InChI=1S/C24H17FN2O5S/c1-12-7-10-17(32-12)21(28)19-20(14-5-3-4-6-16(14)31-2)27(23(30)22(19)29)24-26-15-9-8-13(25)11-18(15)33-24/h3-11,20,29H,1-2H3. The number of para-hydroxylation sites is 1. The maximum absolute atomic E-state index is 13.7. The van der Waals surface area contributed by atoms with Crippen LogP contribution in [0.1, 0.15) is 27.9 Å². The zero-order valence-electron chi connectivity index (χ0n) is 17.5. The van der Waals surface area contributed by atoms with Crippen molar-refractivity contribution in [1.82, 2.24) is 4.98 Å². The molecule has 9 heteroatoms. The molecule has 2 aromatic heterocycles. The number of aromatic nitrogens is 1. The fraction of sp³-hybridized carbons (Fsp3) is 0.125. The minimum atomic E-state index is -1.03. The molecule has 1 N–H and O–H groups in total. The average molecular weight is 464 g/mol. The van der Waals surface area contributed by atoms with Gasteiger partial charge in [0.25, 0.3) is 5.91 Å². The average Bonchev–Trinajstić information content (AvgIpc) is 3.49. The summed E-state index contributed by atoms with van der Waals surface area (Å²) in [5.74, 6) is -1.62. The van der Waals surface area contributed by atoms with E-state index in [1.165, 1.54) is 36.3 Å². The number of thiazole rings is 1. The molecule has 166 valence electrons. The Labute approximate surface area is 191 Å². The van der Waals surface area contributed by atoms with Crippen LogP contribution in [-0.4, -0.2) is 28.9 Å². The highest BCUT2D eigenvalue weighted by Crippen LogP contribution is 2.46. The molecule has 2 aromatic carbocycles. The second-order valence-electron chi connectivity index (χ2n) is 7.43. The topological polar surface area (TPSA) is 92.9 Å². The van der Waals surface area contributed by atoms with Crippen LogP contribution in [0.5, 0.6) is 5.75 Å². The van der Waals surface area contributed by atoms with Crippen LogP contribution >= 0.6 is 11.3 Å². The van der Waals surface area contributed by atoms with E-state index in [0.717, 1.165) is 11.3 Å². The zero-order chi connectivity index (χ0) is 23.3. The van der Waals surface area contributed by atoms with Gasteiger partial charge in [0.1, 0.15) is 23.4 Å². The highest BCUT2D eigenvalue weighted by Gasteiger charge is 2.47. The summed E-state index contributed by atoms with van der Waals surface area (Å²) < 4.78 is 25.2. The number of carbonyl (C=O) groups excluding carboxylic acids is 2. The number of ether oxygens (including phenoxy) is 1. The summed E-state index contributed by atoms with van der Waals surface area (Å²) in [7, 11) is 1.47. The van der Waals surface area contributed by atoms with E-state index >= 15 is 0 Å². The number of fused-ring (bicyclic) bond motifs is 1. The molecule has 33 heavy (non-hydrogen) atoms. The predicted molar refractivity (Wildman–Crippen MR) is 120 cm³/mol. The summed E-state index contributed by atoms with van der Waals surface area (Å²) in [6.45, 7) is 1.69. The van der Waals surface area contributed by atoms with Crippen molar-refractivity contribution in [3.8, 4) is 5.75 Å². The van der Waals surface area contributed by atoms with Crippen molar-refractivity contribution >= 4 is 38.4 Å². The molecule has 0 saturated carbocycles. The van der Waals surface area contributed by atoms with Crippen molar-refractivity contribution in [2.45, 2.75) is 13.0 Å². The summed E-state index contributed by atoms with van der Waals surface area (Å²) in [4.78, 5) is 32.4. The molecule has 0 radical (unpaired) electrons. The van der Waals surface area contributed by atoms with Gasteiger partial charge in [-0.1, -0.05) is 29.5 Å². The molecule has 0 bridgehead atoms. The SMILES string of the molecule is COc1ccccc1C1C(C(=O)c2ccc(C)o2)=C(O)C(=O)N1c1nc2ccc(F)cc2s1. The van der Waals surface area contributed by atoms with E-state index in [-0.39, 0.29) is 16.5 Å². The van der Waals surface area contributed by atoms with Gasteiger partial charge in [-0.15, -0.1) is 0 Å². The molecule has 1 aliphatic rings. The number of anilines is 1. The Balaban J connectivity index is 1.71. The summed E-state index contributed by atoms with van der Waals surface area (Å²) in [5, 5.41) is 11.1. The van der Waals surface area contributed by atoms with Gasteiger partial charge in [0, 0.05) is 5.56 Å². The number of benzene rings is 2. The summed E-state index contributed by atoms with van der Waals surface area (Å²) in [6, 6.07) is 13.1. The Bertz CT molecular complexity index is 1450. The zero-order valence-corrected chi connectivity index (χ0v) is 18.4. The molecule has 0 aliphatic carbocycles. The third-order valence-corrected chi connectivity index (χ3v) is 6.41. The third-order valence-electron chi connectivity index (χ3n) is 5.40. The van der Waals surface area contributed by atoms with E-state index in [4.69, 9.17) is 9.15 Å². The lowest BCUT2D eigenvalue weighted by molar-refractivity contribution is -0.117. The maximum Gasteiger partial charge on any atom is 0.296 e. The molecule has 5 rings (SSSR count). The van der Waals surface area contributed by atoms with Crippen molar-refractivity contribution in [3.63, 3.8) is 0 Å². The van der Waals surface area contributed by atoms with E-state index < -0.39 is 29.3 Å². The van der Waals surface area contributed by atoms with Crippen LogP contribution in [0.4, 0.5) is 9.52 Å². The van der Waals surface area contributed by atoms with Gasteiger partial charge < -0.3 is 14.3 Å². The van der Waals surface area contributed by atoms with E-state index in [1.54, 1.807) is 37.3 Å². The van der Waals surface area contributed by atoms with Gasteiger partial charge in [-0.05, 0) is 43.3 Å². The smallest absolute Gasteiger partial charge is 0.296 e. The second kappa shape index (κ2) is 7.86. The minimum Gasteiger partial charge on any atom is -0.503 e. The molecule has 0 fully saturated rings. The first-order valence-corrected chi connectivity index (χ1v) is 10.8. The van der Waals surface area contributed by atoms with Crippen LogP contribution in [0.3, 0.4) is 0 Å². The largest absolute Gasteiger partial charge is 0.503 e. The van der Waals surface area contributed by atoms with Gasteiger partial charge >= 0.3 is 0 Å². The second-order valence-corrected chi connectivity index (χ2v) is 8.44. The predicted octanol–water partition coefficient (Wildman–Crippen LogP) is 5.13. The number of carbonyl (C=O) groups is 2. The minimum absolute atomic E-state index is 0.00466. The van der Waals surface area contributed by atoms with Crippen molar-refractivity contribution in [3.05, 3.63) is 88.8 Å². The van der Waals surface area contributed by atoms with E-state index in [0.29, 0.717) is 27.3 Å². The Kier molecular flexibility index (Phi) is 4.98. The van der Waals surface area contributed by atoms with Crippen LogP contribution < -0.4 is 9.64 Å². The van der Waals surface area contributed by atoms with E-state index in [2.05, 4.69) is 4.98 Å². The molecule has 1 unspecified atom stereocenters. The number of methoxy groups -OCH3 is 1. The Hall–Kier alpha value is -3.98. The fourth-order valence-electron chi connectivity index (χ4n) is 3.90. The van der Waals surface area contributed by atoms with Gasteiger partial charge in [-0.2, -0.15) is 0 Å². The first kappa shape index (κ1) is 20.9. The van der Waals surface area contributed by atoms with Gasteiger partial charge in [0.2, 0.25) is 5.78 Å². The molecule has 0 spiro atoms. The van der Waals surface area contributed by atoms with Crippen LogP contribution in [0.2, 0.25) is 0 Å². The molecule has 0 saturated heterocycles. The molecule has 3 heterocycles. The fourth-order valence-corrected chi connectivity index (χ4v) is 4.92. The van der Waals surface area contributed by atoms with Crippen LogP contribution in [0.15, 0.2) is 70.3 Å². The van der Waals surface area contributed by atoms with Crippen LogP contribution in [0.25, 0.3) is 10.2 Å². The lowest BCUT2D eigenvalue weighted by Gasteiger charge is -2.25. The van der Waals surface area contributed by atoms with Crippen molar-refractivity contribution in [2.24, 2.45) is 0 Å². The van der Waals surface area contributed by atoms with Crippen molar-refractivity contribution < 1.29 is 28.2 Å². The van der Waals surface area contributed by atoms with Crippen LogP contribution in [0, 0.1) is 12.7 Å². The Morgan fingerprint density at radius 1 is 1.21 bits per heavy atom. The van der Waals surface area contributed by atoms with E-state index in [9.17, 15) is 19.1 Å². The molecule has 1 atom stereocenters. The molecular weight excluding hydrogens is 447 g/mol. The normalized spacial score (nSPS) is 16.2. The number of Topliss-reactive ketones (excluding diaryl/α,β-unsaturated/α-hetero) is 1. The molecule has 1 amide bonds. The number of rotatable bonds is 5. The molecule has 1 aliphatic heterocycles. The maximum atomic E-state index is 13.7. The van der Waals surface area contributed by atoms with Crippen molar-refractivity contribution in [1.29, 1.82) is 0 Å². The van der Waals surface area contributed by atoms with Gasteiger partial charge in [0.05, 0.1) is 22.9 Å². The highest BCUT2D eigenvalue weighted by molar-refractivity contribution is 7.22. The monoisotopic (exact) mass is 464 g/mol. The summed E-state index contributed by atoms with van der Waals surface area (Å²) >= 11 is 1.08. The molecule has 4 aromatic rings. The number of aryl methyl sites for hydroxylation is 1. The molecular formula is C24H17FN2O5S. The molecule has 7 nitrogen and oxygen atoms in total. The third kappa shape index (κ3) is 3.37. The summed E-state index contributed by atoms with van der Waals surface area (Å²) in [6.07, 6.45) is 0. The first-order valence-electron chi connectivity index (χ1n) is 9.96. The van der Waals surface area contributed by atoms with Gasteiger partial charge in [-0.3, -0.25) is 14.5 Å². The van der Waals surface area contributed by atoms with E-state index in [1.807, 2.05) is 0 Å². The lowest BCUT2D eigenvalue weighted by atomic mass is 9.94. The van der Waals surface area contributed by atoms with Gasteiger partial charge in [-0.25, -0.2) is 9.37 Å². The number of furan rings is 1. The quantitative estimate of drug-likeness (QED) is 0.412. The number of aliphatic hydroxyl groups is 1. The number of hydrogen-bond donors (Lipinski definition) is 1. The number of ketones is 1. The number of nitrogens with zero attached hydrogens (tertiary/aromatic N) is 2. The van der Waals surface area contributed by atoms with Gasteiger partial charge in [0.15, 0.2) is 16.7 Å². The Morgan fingerprint density at radius 2 is 2.00 bits per heavy atom. The first-order chi connectivity index (χ1) is 15.9. The summed E-state index contributed by atoms with van der Waals surface area (Å²) in [5.41, 5.74) is 0.822. The number of hydrogen-bond acceptors (Lipinski definition) is 7. The number of halogens is 1. The van der Waals surface area contributed by atoms with Crippen molar-refractivity contribution in [2.75, 3.05) is 12.0 Å².